The number of nitrogen functional groups attached to an aromatic ring is 2. The van der Waals surface area contributed by atoms with Gasteiger partial charge in [0.15, 0.2) is 0 Å². The molecule has 2 aliphatic heterocycles. The van der Waals surface area contributed by atoms with Crippen LogP contribution in [0.25, 0.3) is 43.1 Å². The maximum absolute atomic E-state index is 15.1. The van der Waals surface area contributed by atoms with E-state index >= 15 is 19.2 Å². The van der Waals surface area contributed by atoms with Gasteiger partial charge in [0.25, 0.3) is 23.6 Å². The van der Waals surface area contributed by atoms with E-state index in [9.17, 15) is 0 Å². The van der Waals surface area contributed by atoms with E-state index in [1.807, 2.05) is 24.3 Å². The molecule has 0 saturated heterocycles. The molecule has 0 spiro atoms. The van der Waals surface area contributed by atoms with Gasteiger partial charge in [0.1, 0.15) is 0 Å². The van der Waals surface area contributed by atoms with Crippen molar-refractivity contribution in [3.8, 4) is 0 Å². The molecule has 8 nitrogen and oxygen atoms in total. The zero-order chi connectivity index (χ0) is 55.2. The van der Waals surface area contributed by atoms with Crippen LogP contribution in [0.1, 0.15) is 326 Å². The third kappa shape index (κ3) is 15.0. The van der Waals surface area contributed by atoms with E-state index in [0.29, 0.717) is 44.4 Å². The molecule has 5 aromatic rings. The molecule has 0 fully saturated rings. The number of amides is 4. The highest BCUT2D eigenvalue weighted by atomic mass is 16.2. The summed E-state index contributed by atoms with van der Waals surface area (Å²) in [4.78, 5) is 63.6. The van der Waals surface area contributed by atoms with Crippen molar-refractivity contribution >= 4 is 78.1 Å². The molecule has 0 atom stereocenters. The smallest absolute Gasteiger partial charge is 0.261 e. The summed E-state index contributed by atoms with van der Waals surface area (Å²) in [6.45, 7) is 9.04. The largest absolute Gasteiger partial charge is 0.398 e. The van der Waals surface area contributed by atoms with Crippen LogP contribution in [-0.2, 0) is 0 Å². The van der Waals surface area contributed by atoms with E-state index in [-0.39, 0.29) is 35.7 Å². The number of carbonyl (C=O) groups excluding carboxylic acids is 4. The lowest BCUT2D eigenvalue weighted by Gasteiger charge is -2.36. The van der Waals surface area contributed by atoms with E-state index in [1.54, 1.807) is 21.9 Å². The van der Waals surface area contributed by atoms with Gasteiger partial charge >= 0.3 is 0 Å². The maximum Gasteiger partial charge on any atom is 0.261 e. The molecule has 0 radical (unpaired) electrons. The van der Waals surface area contributed by atoms with Crippen LogP contribution < -0.4 is 11.5 Å². The summed E-state index contributed by atoms with van der Waals surface area (Å²) in [5.41, 5.74) is 17.2. The molecule has 4 N–H and O–H groups in total. The lowest BCUT2D eigenvalue weighted by atomic mass is 9.80. The summed E-state index contributed by atoms with van der Waals surface area (Å²) in [6, 6.07) is 10.9. The van der Waals surface area contributed by atoms with E-state index < -0.39 is 0 Å². The minimum absolute atomic E-state index is 0.187. The Hall–Kier alpha value is -4.72. The molecule has 0 unspecified atom stereocenters. The Bertz CT molecular complexity index is 2480. The Labute approximate surface area is 471 Å². The van der Waals surface area contributed by atoms with Crippen LogP contribution >= 0.6 is 0 Å². The summed E-state index contributed by atoms with van der Waals surface area (Å²) in [5, 5.41) is 5.75. The van der Waals surface area contributed by atoms with Crippen LogP contribution in [0, 0.1) is 0 Å². The fourth-order valence-electron chi connectivity index (χ4n) is 13.8. The highest BCUT2D eigenvalue weighted by Gasteiger charge is 2.41. The van der Waals surface area contributed by atoms with Gasteiger partial charge in [-0.3, -0.25) is 29.0 Å². The first-order valence-electron chi connectivity index (χ1n) is 32.7. The van der Waals surface area contributed by atoms with Gasteiger partial charge < -0.3 is 11.5 Å². The van der Waals surface area contributed by atoms with Crippen LogP contribution in [0.15, 0.2) is 36.4 Å². The second-order valence-corrected chi connectivity index (χ2v) is 24.3. The first kappa shape index (κ1) is 60.9. The predicted molar refractivity (Wildman–Crippen MR) is 332 cm³/mol. The summed E-state index contributed by atoms with van der Waals surface area (Å²) >= 11 is 0. The molecule has 4 amide bonds. The van der Waals surface area contributed by atoms with E-state index in [2.05, 4.69) is 27.7 Å². The van der Waals surface area contributed by atoms with E-state index in [4.69, 9.17) is 11.5 Å². The van der Waals surface area contributed by atoms with Crippen molar-refractivity contribution in [3.05, 3.63) is 58.7 Å². The SMILES string of the molecule is CCCCCCCCCCCC(CCCCCCCCCCC)N1C(=O)c2ccc3c4c(N)cc5c6c(ccc(c7c(N)cc(c2c37)C1=O)c64)C(=O)N(C(CCCCCCCCCCC)CCCCCCCCCCC)C5=O. The molecular formula is C70H104N4O4. The Morgan fingerprint density at radius 3 is 0.782 bits per heavy atom. The van der Waals surface area contributed by atoms with E-state index in [0.717, 1.165) is 109 Å². The van der Waals surface area contributed by atoms with Gasteiger partial charge in [-0.1, -0.05) is 271 Å². The number of carbonyl (C=O) groups is 4. The van der Waals surface area contributed by atoms with Gasteiger partial charge in [0.05, 0.1) is 11.1 Å². The molecule has 78 heavy (non-hydrogen) atoms. The van der Waals surface area contributed by atoms with Crippen LogP contribution in [0.5, 0.6) is 0 Å². The normalized spacial score (nSPS) is 13.8. The van der Waals surface area contributed by atoms with Crippen molar-refractivity contribution in [2.75, 3.05) is 11.5 Å². The van der Waals surface area contributed by atoms with Crippen LogP contribution in [0.4, 0.5) is 11.4 Å². The number of hydrogen-bond donors (Lipinski definition) is 2. The summed E-state index contributed by atoms with van der Waals surface area (Å²) in [6.07, 6.45) is 47.1. The maximum atomic E-state index is 15.1. The highest BCUT2D eigenvalue weighted by Crippen LogP contribution is 2.50. The standard InChI is InChI=1S/C70H104N4O4/c1-5-9-13-17-21-25-29-33-37-41-51(42-38-34-30-26-22-18-14-10-6-2)73-67(75)55-47-45-53-64-60(72)50-58-62-56(48-46-54(66(62)64)63-59(71)49-57(69(73)77)61(55)65(53)63)68(76)74(70(58)78)52(43-39-35-31-27-23-19-15-11-7-3)44-40-36-32-28-24-20-16-12-8-4/h45-52H,5-44,71-72H2,1-4H3. The topological polar surface area (TPSA) is 127 Å². The van der Waals surface area contributed by atoms with Gasteiger partial charge in [-0.25, -0.2) is 0 Å². The molecule has 2 heterocycles. The fraction of sp³-hybridized carbons (Fsp3) is 0.657. The number of rotatable bonds is 42. The molecule has 8 heteroatoms. The zero-order valence-corrected chi connectivity index (χ0v) is 49.6. The number of nitrogens with zero attached hydrogens (tertiary/aromatic N) is 2. The molecule has 5 aromatic carbocycles. The second kappa shape index (κ2) is 31.9. The summed E-state index contributed by atoms with van der Waals surface area (Å²) in [7, 11) is 0. The van der Waals surface area contributed by atoms with Crippen LogP contribution in [0.3, 0.4) is 0 Å². The minimum atomic E-state index is -0.264. The van der Waals surface area contributed by atoms with Crippen molar-refractivity contribution < 1.29 is 19.2 Å². The Morgan fingerprint density at radius 2 is 0.526 bits per heavy atom. The van der Waals surface area contributed by atoms with Crippen molar-refractivity contribution in [1.82, 2.24) is 9.80 Å². The monoisotopic (exact) mass is 1060 g/mol. The Morgan fingerprint density at radius 1 is 0.295 bits per heavy atom. The molecule has 2 aliphatic rings. The second-order valence-electron chi connectivity index (χ2n) is 24.3. The lowest BCUT2D eigenvalue weighted by Crippen LogP contribution is -2.47. The van der Waals surface area contributed by atoms with Crippen LogP contribution in [0.2, 0.25) is 0 Å². The number of hydrogen-bond acceptors (Lipinski definition) is 6. The number of anilines is 2. The minimum Gasteiger partial charge on any atom is -0.398 e. The average molecular weight is 1070 g/mol. The Balaban J connectivity index is 1.15. The molecule has 428 valence electrons. The molecule has 0 aliphatic carbocycles. The average Bonchev–Trinajstić information content (AvgIpc) is 3.61. The number of nitrogens with two attached hydrogens (primary N) is 2. The quantitative estimate of drug-likeness (QED) is 0.0132. The molecule has 0 bridgehead atoms. The lowest BCUT2D eigenvalue weighted by molar-refractivity contribution is 0.0501. The summed E-state index contributed by atoms with van der Waals surface area (Å²) in [5.74, 6) is -0.989. The van der Waals surface area contributed by atoms with Gasteiger partial charge in [0.2, 0.25) is 0 Å². The molecule has 7 rings (SSSR count). The van der Waals surface area contributed by atoms with Crippen molar-refractivity contribution in [3.63, 3.8) is 0 Å². The summed E-state index contributed by atoms with van der Waals surface area (Å²) < 4.78 is 0. The number of unbranched alkanes of at least 4 members (excludes halogenated alkanes) is 32. The zero-order valence-electron chi connectivity index (χ0n) is 49.6. The molecule has 0 saturated carbocycles. The third-order valence-corrected chi connectivity index (χ3v) is 18.3. The number of fused-ring (bicyclic) bond motifs is 2. The fourth-order valence-corrected chi connectivity index (χ4v) is 13.8. The van der Waals surface area contributed by atoms with Gasteiger partial charge in [-0.05, 0) is 60.7 Å². The van der Waals surface area contributed by atoms with Crippen molar-refractivity contribution in [2.45, 2.75) is 297 Å². The van der Waals surface area contributed by atoms with Crippen molar-refractivity contribution in [2.24, 2.45) is 0 Å². The van der Waals surface area contributed by atoms with Crippen molar-refractivity contribution in [1.29, 1.82) is 0 Å². The van der Waals surface area contributed by atoms with Gasteiger partial charge in [-0.2, -0.15) is 0 Å². The first-order valence-corrected chi connectivity index (χ1v) is 32.7. The van der Waals surface area contributed by atoms with Crippen LogP contribution in [-0.4, -0.2) is 45.5 Å². The highest BCUT2D eigenvalue weighted by molar-refractivity contribution is 6.44. The van der Waals surface area contributed by atoms with Gasteiger partial charge in [-0.15, -0.1) is 0 Å². The van der Waals surface area contributed by atoms with E-state index in [1.165, 1.54) is 180 Å². The predicted octanol–water partition coefficient (Wildman–Crippen LogP) is 20.5. The van der Waals surface area contributed by atoms with Gasteiger partial charge in [0, 0.05) is 66.9 Å². The first-order chi connectivity index (χ1) is 38.2. The molecular weight excluding hydrogens is 961 g/mol. The third-order valence-electron chi connectivity index (χ3n) is 18.3. The number of benzene rings is 5. The Kier molecular flexibility index (Phi) is 24.9. The molecule has 0 aromatic heterocycles. The number of imide groups is 2.